The van der Waals surface area contributed by atoms with Crippen molar-refractivity contribution in [1.82, 2.24) is 15.6 Å². The molecule has 0 aliphatic heterocycles. The molecule has 1 atom stereocenters. The highest BCUT2D eigenvalue weighted by molar-refractivity contribution is 14.0. The third-order valence-corrected chi connectivity index (χ3v) is 4.74. The van der Waals surface area contributed by atoms with Crippen molar-refractivity contribution in [3.63, 3.8) is 0 Å². The molecule has 31 heavy (non-hydrogen) atoms. The summed E-state index contributed by atoms with van der Waals surface area (Å²) in [5.41, 5.74) is 3.22. The first-order valence-corrected chi connectivity index (χ1v) is 10.6. The minimum absolute atomic E-state index is 0. The number of aliphatic hydroxyl groups is 1. The molecule has 168 valence electrons. The summed E-state index contributed by atoms with van der Waals surface area (Å²) in [5.74, 6) is 1.46. The number of H-pyrrole nitrogens is 1. The fraction of sp³-hybridized carbons (Fsp3) is 0.375. The third kappa shape index (κ3) is 7.43. The van der Waals surface area contributed by atoms with Gasteiger partial charge in [-0.3, -0.25) is 4.99 Å². The van der Waals surface area contributed by atoms with E-state index in [9.17, 15) is 5.11 Å². The van der Waals surface area contributed by atoms with Gasteiger partial charge in [-0.05, 0) is 56.5 Å². The number of rotatable bonds is 9. The normalized spacial score (nSPS) is 12.5. The highest BCUT2D eigenvalue weighted by atomic mass is 127. The molecule has 0 amide bonds. The van der Waals surface area contributed by atoms with E-state index in [2.05, 4.69) is 45.0 Å². The summed E-state index contributed by atoms with van der Waals surface area (Å²) in [4.78, 5) is 7.87. The van der Waals surface area contributed by atoms with Crippen molar-refractivity contribution in [2.75, 3.05) is 19.6 Å². The minimum Gasteiger partial charge on any atom is -0.491 e. The SMILES string of the molecule is CCNC(=NCC(O)c1cccc(OC(C)C)c1)NCCc1c[nH]c2ccccc12.I. The van der Waals surface area contributed by atoms with Gasteiger partial charge >= 0.3 is 0 Å². The first-order chi connectivity index (χ1) is 14.6. The zero-order valence-electron chi connectivity index (χ0n) is 18.4. The van der Waals surface area contributed by atoms with Crippen LogP contribution in [0.1, 0.15) is 38.0 Å². The second-order valence-corrected chi connectivity index (χ2v) is 7.51. The fourth-order valence-corrected chi connectivity index (χ4v) is 3.35. The van der Waals surface area contributed by atoms with Gasteiger partial charge in [0.05, 0.1) is 18.8 Å². The van der Waals surface area contributed by atoms with E-state index in [0.717, 1.165) is 36.3 Å². The van der Waals surface area contributed by atoms with E-state index in [1.54, 1.807) is 0 Å². The van der Waals surface area contributed by atoms with Gasteiger partial charge in [-0.2, -0.15) is 0 Å². The van der Waals surface area contributed by atoms with E-state index in [0.29, 0.717) is 5.96 Å². The van der Waals surface area contributed by atoms with Gasteiger partial charge in [-0.25, -0.2) is 0 Å². The quantitative estimate of drug-likeness (QED) is 0.186. The van der Waals surface area contributed by atoms with Crippen molar-refractivity contribution >= 4 is 40.8 Å². The number of hydrogen-bond acceptors (Lipinski definition) is 3. The van der Waals surface area contributed by atoms with Gasteiger partial charge in [0.2, 0.25) is 0 Å². The summed E-state index contributed by atoms with van der Waals surface area (Å²) >= 11 is 0. The maximum atomic E-state index is 10.6. The number of guanidine groups is 1. The smallest absolute Gasteiger partial charge is 0.191 e. The Morgan fingerprint density at radius 3 is 2.71 bits per heavy atom. The summed E-state index contributed by atoms with van der Waals surface area (Å²) in [6.45, 7) is 7.78. The predicted molar refractivity (Wildman–Crippen MR) is 139 cm³/mol. The molecule has 2 aromatic carbocycles. The lowest BCUT2D eigenvalue weighted by Crippen LogP contribution is -2.38. The molecule has 6 nitrogen and oxygen atoms in total. The van der Waals surface area contributed by atoms with Crippen LogP contribution in [-0.2, 0) is 6.42 Å². The zero-order chi connectivity index (χ0) is 21.3. The molecule has 0 aliphatic carbocycles. The number of aliphatic imine (C=N–C) groups is 1. The predicted octanol–water partition coefficient (Wildman–Crippen LogP) is 4.40. The summed E-state index contributed by atoms with van der Waals surface area (Å²) in [6, 6.07) is 15.9. The number of hydrogen-bond donors (Lipinski definition) is 4. The fourth-order valence-electron chi connectivity index (χ4n) is 3.35. The molecule has 3 rings (SSSR count). The van der Waals surface area contributed by atoms with Crippen LogP contribution >= 0.6 is 24.0 Å². The van der Waals surface area contributed by atoms with Crippen LogP contribution in [0.15, 0.2) is 59.7 Å². The van der Waals surface area contributed by atoms with Gasteiger partial charge in [0.25, 0.3) is 0 Å². The Balaban J connectivity index is 0.00000341. The molecule has 4 N–H and O–H groups in total. The van der Waals surface area contributed by atoms with Crippen LogP contribution < -0.4 is 15.4 Å². The van der Waals surface area contributed by atoms with Crippen molar-refractivity contribution in [2.24, 2.45) is 4.99 Å². The monoisotopic (exact) mass is 536 g/mol. The average Bonchev–Trinajstić information content (AvgIpc) is 3.14. The van der Waals surface area contributed by atoms with Crippen molar-refractivity contribution in [3.8, 4) is 5.75 Å². The van der Waals surface area contributed by atoms with Crippen LogP contribution in [-0.4, -0.2) is 41.8 Å². The van der Waals surface area contributed by atoms with E-state index in [1.165, 1.54) is 10.9 Å². The number of aromatic amines is 1. The number of ether oxygens (including phenoxy) is 1. The molecule has 3 aromatic rings. The highest BCUT2D eigenvalue weighted by Crippen LogP contribution is 2.21. The lowest BCUT2D eigenvalue weighted by atomic mass is 10.1. The van der Waals surface area contributed by atoms with Crippen molar-refractivity contribution in [3.05, 3.63) is 65.9 Å². The molecule has 0 spiro atoms. The Morgan fingerprint density at radius 1 is 1.13 bits per heavy atom. The summed E-state index contributed by atoms with van der Waals surface area (Å²) in [6.07, 6.45) is 2.35. The van der Waals surface area contributed by atoms with Gasteiger partial charge in [-0.1, -0.05) is 30.3 Å². The number of para-hydroxylation sites is 1. The third-order valence-electron chi connectivity index (χ3n) is 4.74. The molecule has 1 unspecified atom stereocenters. The number of halogens is 1. The molecule has 0 saturated heterocycles. The molecular formula is C24H33IN4O2. The molecule has 7 heteroatoms. The highest BCUT2D eigenvalue weighted by Gasteiger charge is 2.10. The maximum Gasteiger partial charge on any atom is 0.191 e. The van der Waals surface area contributed by atoms with Gasteiger partial charge in [0.15, 0.2) is 5.96 Å². The summed E-state index contributed by atoms with van der Waals surface area (Å²) < 4.78 is 5.71. The Hall–Kier alpha value is -2.26. The largest absolute Gasteiger partial charge is 0.491 e. The molecule has 0 aliphatic rings. The van der Waals surface area contributed by atoms with Gasteiger partial charge < -0.3 is 25.5 Å². The average molecular weight is 536 g/mol. The second-order valence-electron chi connectivity index (χ2n) is 7.51. The van der Waals surface area contributed by atoms with Gasteiger partial charge in [-0.15, -0.1) is 24.0 Å². The summed E-state index contributed by atoms with van der Waals surface area (Å²) in [7, 11) is 0. The van der Waals surface area contributed by atoms with Crippen LogP contribution in [0, 0.1) is 0 Å². The van der Waals surface area contributed by atoms with E-state index >= 15 is 0 Å². The van der Waals surface area contributed by atoms with Crippen molar-refractivity contribution in [1.29, 1.82) is 0 Å². The number of aromatic nitrogens is 1. The van der Waals surface area contributed by atoms with Gasteiger partial charge in [0, 0.05) is 30.2 Å². The van der Waals surface area contributed by atoms with Crippen molar-refractivity contribution < 1.29 is 9.84 Å². The van der Waals surface area contributed by atoms with Crippen LogP contribution in [0.3, 0.4) is 0 Å². The van der Waals surface area contributed by atoms with Crippen LogP contribution in [0.25, 0.3) is 10.9 Å². The molecule has 0 fully saturated rings. The van der Waals surface area contributed by atoms with E-state index in [-0.39, 0.29) is 36.6 Å². The number of benzene rings is 2. The molecule has 1 aromatic heterocycles. The minimum atomic E-state index is -0.690. The summed E-state index contributed by atoms with van der Waals surface area (Å²) in [5, 5.41) is 18.4. The number of nitrogens with zero attached hydrogens (tertiary/aromatic N) is 1. The number of aliphatic hydroxyl groups excluding tert-OH is 1. The molecule has 0 bridgehead atoms. The Labute approximate surface area is 201 Å². The molecular weight excluding hydrogens is 503 g/mol. The number of nitrogens with one attached hydrogen (secondary N) is 3. The second kappa shape index (κ2) is 12.6. The Morgan fingerprint density at radius 2 is 1.94 bits per heavy atom. The van der Waals surface area contributed by atoms with E-state index < -0.39 is 6.10 Å². The Kier molecular flexibility index (Phi) is 10.1. The Bertz CT molecular complexity index is 971. The van der Waals surface area contributed by atoms with Crippen LogP contribution in [0.5, 0.6) is 5.75 Å². The molecule has 0 radical (unpaired) electrons. The number of fused-ring (bicyclic) bond motifs is 1. The van der Waals surface area contributed by atoms with Gasteiger partial charge in [0.1, 0.15) is 5.75 Å². The first-order valence-electron chi connectivity index (χ1n) is 10.6. The first kappa shape index (κ1) is 25.0. The van der Waals surface area contributed by atoms with Crippen LogP contribution in [0.4, 0.5) is 0 Å². The van der Waals surface area contributed by atoms with Crippen molar-refractivity contribution in [2.45, 2.75) is 39.4 Å². The molecule has 0 saturated carbocycles. The topological polar surface area (TPSA) is 81.7 Å². The van der Waals surface area contributed by atoms with E-state index in [4.69, 9.17) is 4.74 Å². The standard InChI is InChI=1S/C24H32N4O2.HI/c1-4-25-24(26-13-12-19-15-27-22-11-6-5-10-21(19)22)28-16-23(29)18-8-7-9-20(14-18)30-17(2)3;/h5-11,14-15,17,23,27,29H,4,12-13,16H2,1-3H3,(H2,25,26,28);1H. The van der Waals surface area contributed by atoms with Crippen LogP contribution in [0.2, 0.25) is 0 Å². The lowest BCUT2D eigenvalue weighted by molar-refractivity contribution is 0.185. The van der Waals surface area contributed by atoms with E-state index in [1.807, 2.05) is 51.1 Å². The zero-order valence-corrected chi connectivity index (χ0v) is 20.7. The lowest BCUT2D eigenvalue weighted by Gasteiger charge is -2.15. The molecule has 1 heterocycles. The maximum absolute atomic E-state index is 10.6.